The van der Waals surface area contributed by atoms with Gasteiger partial charge in [-0.05, 0) is 38.8 Å². The van der Waals surface area contributed by atoms with E-state index in [-0.39, 0.29) is 0 Å². The minimum Gasteiger partial charge on any atom is -0.341 e. The average molecular weight is 322 g/mol. The maximum atomic E-state index is 11.8. The monoisotopic (exact) mass is 322 g/mol. The molecule has 0 saturated carbocycles. The van der Waals surface area contributed by atoms with Crippen LogP contribution in [0.15, 0.2) is 5.51 Å². The van der Waals surface area contributed by atoms with Crippen LogP contribution < -0.4 is 5.32 Å². The summed E-state index contributed by atoms with van der Waals surface area (Å²) >= 11 is 1.75. The molecule has 1 aromatic rings. The third-order valence-corrected chi connectivity index (χ3v) is 5.67. The molecular weight excluding hydrogens is 296 g/mol. The van der Waals surface area contributed by atoms with E-state index in [0.29, 0.717) is 5.91 Å². The molecule has 0 radical (unpaired) electrons. The molecular formula is C16H26N4OS. The molecule has 0 spiro atoms. The lowest BCUT2D eigenvalue weighted by Crippen LogP contribution is -2.38. The van der Waals surface area contributed by atoms with Crippen molar-refractivity contribution < 1.29 is 4.79 Å². The van der Waals surface area contributed by atoms with Gasteiger partial charge in [-0.15, -0.1) is 11.3 Å². The van der Waals surface area contributed by atoms with Crippen molar-refractivity contribution in [1.29, 1.82) is 0 Å². The lowest BCUT2D eigenvalue weighted by molar-refractivity contribution is -0.127. The Kier molecular flexibility index (Phi) is 5.44. The van der Waals surface area contributed by atoms with Gasteiger partial charge in [-0.2, -0.15) is 0 Å². The normalized spacial score (nSPS) is 22.2. The Bertz CT molecular complexity index is 498. The van der Waals surface area contributed by atoms with Crippen LogP contribution in [0.25, 0.3) is 0 Å². The van der Waals surface area contributed by atoms with Gasteiger partial charge < -0.3 is 10.2 Å². The summed E-state index contributed by atoms with van der Waals surface area (Å²) in [5, 5.41) is 3.45. The van der Waals surface area contributed by atoms with Crippen molar-refractivity contribution in [2.75, 3.05) is 39.3 Å². The fourth-order valence-electron chi connectivity index (χ4n) is 3.35. The number of carbonyl (C=O) groups excluding carboxylic acids is 1. The molecule has 1 atom stereocenters. The highest BCUT2D eigenvalue weighted by atomic mass is 32.1. The second-order valence-corrected chi connectivity index (χ2v) is 7.38. The summed E-state index contributed by atoms with van der Waals surface area (Å²) in [5.74, 6) is 1.07. The van der Waals surface area contributed by atoms with Crippen LogP contribution in [0, 0.1) is 12.8 Å². The quantitative estimate of drug-likeness (QED) is 0.826. The van der Waals surface area contributed by atoms with Crippen LogP contribution in [0.2, 0.25) is 0 Å². The highest BCUT2D eigenvalue weighted by molar-refractivity contribution is 7.09. The van der Waals surface area contributed by atoms with E-state index in [4.69, 9.17) is 0 Å². The van der Waals surface area contributed by atoms with Gasteiger partial charge in [0.2, 0.25) is 5.91 Å². The van der Waals surface area contributed by atoms with Crippen LogP contribution in [-0.2, 0) is 11.3 Å². The lowest BCUT2D eigenvalue weighted by atomic mass is 10.1. The standard InChI is InChI=1S/C16H26N4OS/c1-13-15(22-12-18-13)11-19(10-14-4-5-17-9-14)7-8-20-6-2-3-16(20)21/h12,14,17H,2-11H2,1H3/t14-/m0/s1. The van der Waals surface area contributed by atoms with E-state index >= 15 is 0 Å². The summed E-state index contributed by atoms with van der Waals surface area (Å²) in [7, 11) is 0. The van der Waals surface area contributed by atoms with Gasteiger partial charge in [-0.25, -0.2) is 4.98 Å². The van der Waals surface area contributed by atoms with Crippen LogP contribution in [0.4, 0.5) is 0 Å². The number of thiazole rings is 1. The number of nitrogens with one attached hydrogen (secondary N) is 1. The molecule has 22 heavy (non-hydrogen) atoms. The molecule has 0 aromatic carbocycles. The number of hydrogen-bond acceptors (Lipinski definition) is 5. The number of aromatic nitrogens is 1. The van der Waals surface area contributed by atoms with Crippen molar-refractivity contribution in [3.63, 3.8) is 0 Å². The molecule has 2 saturated heterocycles. The number of carbonyl (C=O) groups is 1. The van der Waals surface area contributed by atoms with Crippen molar-refractivity contribution in [2.45, 2.75) is 32.7 Å². The van der Waals surface area contributed by atoms with E-state index < -0.39 is 0 Å². The lowest BCUT2D eigenvalue weighted by Gasteiger charge is -2.27. The molecule has 1 N–H and O–H groups in total. The predicted molar refractivity (Wildman–Crippen MR) is 88.9 cm³/mol. The van der Waals surface area contributed by atoms with Crippen LogP contribution in [0.1, 0.15) is 29.8 Å². The van der Waals surface area contributed by atoms with Crippen LogP contribution in [-0.4, -0.2) is 60.0 Å². The fourth-order valence-corrected chi connectivity index (χ4v) is 4.17. The molecule has 3 rings (SSSR count). The molecule has 2 fully saturated rings. The van der Waals surface area contributed by atoms with Gasteiger partial charge in [-0.1, -0.05) is 0 Å². The first-order chi connectivity index (χ1) is 10.7. The predicted octanol–water partition coefficient (Wildman–Crippen LogP) is 1.49. The average Bonchev–Trinajstić information content (AvgIpc) is 3.22. The SMILES string of the molecule is Cc1ncsc1CN(CCN1CCCC1=O)C[C@H]1CCNC1. The third kappa shape index (κ3) is 4.06. The van der Waals surface area contributed by atoms with Crippen LogP contribution in [0.5, 0.6) is 0 Å². The Hall–Kier alpha value is -0.980. The maximum Gasteiger partial charge on any atom is 0.222 e. The molecule has 1 aromatic heterocycles. The van der Waals surface area contributed by atoms with Crippen LogP contribution in [0.3, 0.4) is 0 Å². The highest BCUT2D eigenvalue weighted by Gasteiger charge is 2.23. The van der Waals surface area contributed by atoms with E-state index in [9.17, 15) is 4.79 Å². The first kappa shape index (κ1) is 15.9. The Morgan fingerprint density at radius 2 is 2.45 bits per heavy atom. The molecule has 2 aliphatic heterocycles. The summed E-state index contributed by atoms with van der Waals surface area (Å²) in [6.45, 7) is 9.23. The van der Waals surface area contributed by atoms with Gasteiger partial charge in [0.25, 0.3) is 0 Å². The molecule has 0 aliphatic carbocycles. The minimum atomic E-state index is 0.330. The largest absolute Gasteiger partial charge is 0.341 e. The summed E-state index contributed by atoms with van der Waals surface area (Å²) in [6.07, 6.45) is 3.03. The Balaban J connectivity index is 1.57. The topological polar surface area (TPSA) is 48.5 Å². The second kappa shape index (κ2) is 7.53. The van der Waals surface area contributed by atoms with Gasteiger partial charge in [0.05, 0.1) is 11.2 Å². The summed E-state index contributed by atoms with van der Waals surface area (Å²) in [5.41, 5.74) is 3.08. The highest BCUT2D eigenvalue weighted by Crippen LogP contribution is 2.18. The maximum absolute atomic E-state index is 11.8. The fraction of sp³-hybridized carbons (Fsp3) is 0.750. The van der Waals surface area contributed by atoms with Crippen molar-refractivity contribution in [3.05, 3.63) is 16.1 Å². The molecule has 5 nitrogen and oxygen atoms in total. The Morgan fingerprint density at radius 1 is 1.55 bits per heavy atom. The van der Waals surface area contributed by atoms with Gasteiger partial charge in [0, 0.05) is 44.0 Å². The molecule has 3 heterocycles. The molecule has 1 amide bonds. The van der Waals surface area contributed by atoms with E-state index in [0.717, 1.165) is 70.3 Å². The van der Waals surface area contributed by atoms with E-state index in [1.54, 1.807) is 11.3 Å². The molecule has 6 heteroatoms. The number of hydrogen-bond donors (Lipinski definition) is 1. The van der Waals surface area contributed by atoms with Crippen molar-refractivity contribution in [1.82, 2.24) is 20.1 Å². The number of likely N-dealkylation sites (tertiary alicyclic amines) is 1. The smallest absolute Gasteiger partial charge is 0.222 e. The first-order valence-electron chi connectivity index (χ1n) is 8.32. The number of rotatable bonds is 7. The second-order valence-electron chi connectivity index (χ2n) is 6.44. The molecule has 0 bridgehead atoms. The van der Waals surface area contributed by atoms with Gasteiger partial charge in [0.15, 0.2) is 0 Å². The minimum absolute atomic E-state index is 0.330. The Labute approximate surface area is 136 Å². The third-order valence-electron chi connectivity index (χ3n) is 4.75. The van der Waals surface area contributed by atoms with E-state index in [1.165, 1.54) is 11.3 Å². The van der Waals surface area contributed by atoms with E-state index in [2.05, 4.69) is 22.1 Å². The van der Waals surface area contributed by atoms with Gasteiger partial charge >= 0.3 is 0 Å². The zero-order valence-electron chi connectivity index (χ0n) is 13.4. The number of nitrogens with zero attached hydrogens (tertiary/aromatic N) is 3. The Morgan fingerprint density at radius 3 is 3.09 bits per heavy atom. The molecule has 122 valence electrons. The summed E-state index contributed by atoms with van der Waals surface area (Å²) in [4.78, 5) is 22.1. The number of amides is 1. The van der Waals surface area contributed by atoms with Crippen molar-refractivity contribution >= 4 is 17.2 Å². The zero-order chi connectivity index (χ0) is 15.4. The first-order valence-corrected chi connectivity index (χ1v) is 9.20. The van der Waals surface area contributed by atoms with Crippen LogP contribution >= 0.6 is 11.3 Å². The van der Waals surface area contributed by atoms with Gasteiger partial charge in [0.1, 0.15) is 0 Å². The zero-order valence-corrected chi connectivity index (χ0v) is 14.2. The summed E-state index contributed by atoms with van der Waals surface area (Å²) < 4.78 is 0. The van der Waals surface area contributed by atoms with Crippen molar-refractivity contribution in [2.24, 2.45) is 5.92 Å². The molecule has 0 unspecified atom stereocenters. The van der Waals surface area contributed by atoms with Gasteiger partial charge in [-0.3, -0.25) is 9.69 Å². The van der Waals surface area contributed by atoms with E-state index in [1.807, 2.05) is 10.4 Å². The summed E-state index contributed by atoms with van der Waals surface area (Å²) in [6, 6.07) is 0. The van der Waals surface area contributed by atoms with Crippen molar-refractivity contribution in [3.8, 4) is 0 Å². The number of aryl methyl sites for hydroxylation is 1. The molecule has 2 aliphatic rings.